The summed E-state index contributed by atoms with van der Waals surface area (Å²) >= 11 is 0. The van der Waals surface area contributed by atoms with Crippen LogP contribution < -0.4 is 10.2 Å². The number of aromatic hydroxyl groups is 1. The predicted molar refractivity (Wildman–Crippen MR) is 76.1 cm³/mol. The molecule has 2 rings (SSSR count). The molecular formula is C15H13FN2O3. The molecule has 1 amide bonds. The van der Waals surface area contributed by atoms with E-state index in [1.54, 1.807) is 12.1 Å². The van der Waals surface area contributed by atoms with E-state index in [1.807, 2.05) is 0 Å². The molecule has 21 heavy (non-hydrogen) atoms. The van der Waals surface area contributed by atoms with Crippen LogP contribution in [0.25, 0.3) is 0 Å². The predicted octanol–water partition coefficient (Wildman–Crippen LogP) is 2.30. The van der Waals surface area contributed by atoms with Crippen molar-refractivity contribution in [2.75, 3.05) is 7.11 Å². The van der Waals surface area contributed by atoms with Crippen molar-refractivity contribution < 1.29 is 19.0 Å². The molecule has 0 saturated carbocycles. The summed E-state index contributed by atoms with van der Waals surface area (Å²) < 4.78 is 17.6. The highest BCUT2D eigenvalue weighted by molar-refractivity contribution is 5.94. The van der Waals surface area contributed by atoms with E-state index in [4.69, 9.17) is 4.74 Å². The maximum absolute atomic E-state index is 12.7. The van der Waals surface area contributed by atoms with Gasteiger partial charge in [0.2, 0.25) is 0 Å². The molecule has 0 heterocycles. The first-order chi connectivity index (χ1) is 10.1. The normalized spacial score (nSPS) is 10.6. The number of nitrogens with one attached hydrogen (secondary N) is 1. The minimum absolute atomic E-state index is 0.0219. The molecule has 6 heteroatoms. The van der Waals surface area contributed by atoms with Crippen molar-refractivity contribution >= 4 is 12.1 Å². The molecule has 0 fully saturated rings. The molecule has 0 unspecified atom stereocenters. The smallest absolute Gasteiger partial charge is 0.271 e. The zero-order valence-corrected chi connectivity index (χ0v) is 11.2. The first kappa shape index (κ1) is 14.5. The number of amides is 1. The van der Waals surface area contributed by atoms with Gasteiger partial charge in [0.15, 0.2) is 11.5 Å². The molecule has 0 spiro atoms. The Morgan fingerprint density at radius 1 is 1.29 bits per heavy atom. The Hall–Kier alpha value is -2.89. The standard InChI is InChI=1S/C15H13FN2O3/c1-21-14-7-2-10(8-13(14)19)9-17-18-15(20)11-3-5-12(16)6-4-11/h2-9,19H,1H3,(H,18,20)/b17-9+. The molecule has 2 N–H and O–H groups in total. The SMILES string of the molecule is COc1ccc(/C=N/NC(=O)c2ccc(F)cc2)cc1O. The third kappa shape index (κ3) is 3.79. The van der Waals surface area contributed by atoms with Crippen molar-refractivity contribution in [1.29, 1.82) is 0 Å². The summed E-state index contributed by atoms with van der Waals surface area (Å²) in [6.07, 6.45) is 1.38. The number of ether oxygens (including phenoxy) is 1. The summed E-state index contributed by atoms with van der Waals surface area (Å²) in [6, 6.07) is 9.82. The number of benzene rings is 2. The number of phenols is 1. The molecule has 5 nitrogen and oxygen atoms in total. The van der Waals surface area contributed by atoms with Crippen LogP contribution in [0, 0.1) is 5.82 Å². The molecular weight excluding hydrogens is 275 g/mol. The topological polar surface area (TPSA) is 70.9 Å². The van der Waals surface area contributed by atoms with Crippen LogP contribution >= 0.6 is 0 Å². The van der Waals surface area contributed by atoms with E-state index in [9.17, 15) is 14.3 Å². The second-order valence-electron chi connectivity index (χ2n) is 4.14. The average Bonchev–Trinajstić information content (AvgIpc) is 2.48. The zero-order chi connectivity index (χ0) is 15.2. The van der Waals surface area contributed by atoms with Crippen LogP contribution in [0.5, 0.6) is 11.5 Å². The first-order valence-electron chi connectivity index (χ1n) is 6.06. The highest BCUT2D eigenvalue weighted by Gasteiger charge is 2.04. The molecule has 0 radical (unpaired) electrons. The van der Waals surface area contributed by atoms with E-state index < -0.39 is 11.7 Å². The van der Waals surface area contributed by atoms with E-state index in [2.05, 4.69) is 10.5 Å². The van der Waals surface area contributed by atoms with Crippen molar-refractivity contribution in [2.45, 2.75) is 0 Å². The number of hydrogen-bond donors (Lipinski definition) is 2. The van der Waals surface area contributed by atoms with Crippen molar-refractivity contribution in [1.82, 2.24) is 5.43 Å². The molecule has 0 atom stereocenters. The highest BCUT2D eigenvalue weighted by Crippen LogP contribution is 2.25. The monoisotopic (exact) mass is 288 g/mol. The van der Waals surface area contributed by atoms with Crippen LogP contribution in [0.15, 0.2) is 47.6 Å². The Morgan fingerprint density at radius 3 is 2.62 bits per heavy atom. The number of nitrogens with zero attached hydrogens (tertiary/aromatic N) is 1. The van der Waals surface area contributed by atoms with E-state index >= 15 is 0 Å². The number of carbonyl (C=O) groups is 1. The average molecular weight is 288 g/mol. The molecule has 2 aromatic carbocycles. The molecule has 0 bridgehead atoms. The quantitative estimate of drug-likeness (QED) is 0.670. The maximum atomic E-state index is 12.7. The summed E-state index contributed by atoms with van der Waals surface area (Å²) in [7, 11) is 1.45. The van der Waals surface area contributed by atoms with Gasteiger partial charge < -0.3 is 9.84 Å². The van der Waals surface area contributed by atoms with Gasteiger partial charge in [-0.2, -0.15) is 5.10 Å². The number of carbonyl (C=O) groups excluding carboxylic acids is 1. The van der Waals surface area contributed by atoms with Crippen molar-refractivity contribution in [3.05, 3.63) is 59.4 Å². The second kappa shape index (κ2) is 6.51. The van der Waals surface area contributed by atoms with Gasteiger partial charge in [0, 0.05) is 5.56 Å². The van der Waals surface area contributed by atoms with Gasteiger partial charge in [-0.3, -0.25) is 4.79 Å². The third-order valence-electron chi connectivity index (χ3n) is 2.69. The number of phenolic OH excluding ortho intramolecular Hbond substituents is 1. The highest BCUT2D eigenvalue weighted by atomic mass is 19.1. The van der Waals surface area contributed by atoms with Crippen LogP contribution in [0.2, 0.25) is 0 Å². The largest absolute Gasteiger partial charge is 0.504 e. The van der Waals surface area contributed by atoms with E-state index in [-0.39, 0.29) is 5.75 Å². The number of methoxy groups -OCH3 is 1. The Labute approximate surface area is 120 Å². The minimum atomic E-state index is -0.455. The molecule has 0 saturated heterocycles. The van der Waals surface area contributed by atoms with Crippen LogP contribution in [0.1, 0.15) is 15.9 Å². The van der Waals surface area contributed by atoms with Crippen LogP contribution in [-0.2, 0) is 0 Å². The number of rotatable bonds is 4. The summed E-state index contributed by atoms with van der Waals surface area (Å²) in [5.74, 6) is -0.540. The fourth-order valence-corrected chi connectivity index (χ4v) is 1.62. The lowest BCUT2D eigenvalue weighted by Gasteiger charge is -2.03. The van der Waals surface area contributed by atoms with Gasteiger partial charge in [-0.25, -0.2) is 9.82 Å². The molecule has 0 aliphatic heterocycles. The molecule has 0 aliphatic rings. The van der Waals surface area contributed by atoms with Crippen molar-refractivity contribution in [3.63, 3.8) is 0 Å². The van der Waals surface area contributed by atoms with Gasteiger partial charge in [-0.15, -0.1) is 0 Å². The molecule has 0 aromatic heterocycles. The first-order valence-corrected chi connectivity index (χ1v) is 6.06. The number of hydrogen-bond acceptors (Lipinski definition) is 4. The fraction of sp³-hybridized carbons (Fsp3) is 0.0667. The van der Waals surface area contributed by atoms with Gasteiger partial charge in [-0.05, 0) is 48.0 Å². The molecule has 2 aromatic rings. The lowest BCUT2D eigenvalue weighted by atomic mass is 10.2. The van der Waals surface area contributed by atoms with Gasteiger partial charge in [-0.1, -0.05) is 0 Å². The molecule has 108 valence electrons. The van der Waals surface area contributed by atoms with E-state index in [0.29, 0.717) is 16.9 Å². The van der Waals surface area contributed by atoms with Crippen LogP contribution in [-0.4, -0.2) is 24.3 Å². The van der Waals surface area contributed by atoms with Gasteiger partial charge in [0.05, 0.1) is 13.3 Å². The summed E-state index contributed by atoms with van der Waals surface area (Å²) in [5, 5.41) is 13.4. The zero-order valence-electron chi connectivity index (χ0n) is 11.2. The van der Waals surface area contributed by atoms with Crippen LogP contribution in [0.4, 0.5) is 4.39 Å². The van der Waals surface area contributed by atoms with E-state index in [1.165, 1.54) is 43.7 Å². The summed E-state index contributed by atoms with van der Waals surface area (Å²) in [6.45, 7) is 0. The van der Waals surface area contributed by atoms with Crippen molar-refractivity contribution in [2.24, 2.45) is 5.10 Å². The summed E-state index contributed by atoms with van der Waals surface area (Å²) in [4.78, 5) is 11.7. The number of hydrazone groups is 1. The Morgan fingerprint density at radius 2 is 2.00 bits per heavy atom. The maximum Gasteiger partial charge on any atom is 0.271 e. The van der Waals surface area contributed by atoms with Gasteiger partial charge in [0.25, 0.3) is 5.91 Å². The lowest BCUT2D eigenvalue weighted by molar-refractivity contribution is 0.0955. The van der Waals surface area contributed by atoms with Crippen molar-refractivity contribution in [3.8, 4) is 11.5 Å². The summed E-state index contributed by atoms with van der Waals surface area (Å²) in [5.41, 5.74) is 3.20. The Balaban J connectivity index is 2.00. The third-order valence-corrected chi connectivity index (χ3v) is 2.69. The number of halogens is 1. The second-order valence-corrected chi connectivity index (χ2v) is 4.14. The Kier molecular flexibility index (Phi) is 4.50. The minimum Gasteiger partial charge on any atom is -0.504 e. The fourth-order valence-electron chi connectivity index (χ4n) is 1.62. The van der Waals surface area contributed by atoms with Crippen LogP contribution in [0.3, 0.4) is 0 Å². The lowest BCUT2D eigenvalue weighted by Crippen LogP contribution is -2.17. The molecule has 0 aliphatic carbocycles. The Bertz CT molecular complexity index is 669. The van der Waals surface area contributed by atoms with Gasteiger partial charge in [0.1, 0.15) is 5.82 Å². The van der Waals surface area contributed by atoms with Gasteiger partial charge >= 0.3 is 0 Å². The van der Waals surface area contributed by atoms with E-state index in [0.717, 1.165) is 0 Å².